The van der Waals surface area contributed by atoms with E-state index in [2.05, 4.69) is 51.2 Å². The maximum atomic E-state index is 12.6. The predicted octanol–water partition coefficient (Wildman–Crippen LogP) is 10.8. The average molecular weight is 829 g/mol. The molecule has 0 bridgehead atoms. The lowest BCUT2D eigenvalue weighted by Crippen LogP contribution is -2.29. The Kier molecular flexibility index (Phi) is 33.6. The summed E-state index contributed by atoms with van der Waals surface area (Å²) in [6, 6.07) is 0. The quantitative estimate of drug-likeness (QED) is 0.0177. The fraction of sp³-hybridized carbons (Fsp3) is 0.822. The summed E-state index contributed by atoms with van der Waals surface area (Å²) >= 11 is 0. The number of esters is 2. The van der Waals surface area contributed by atoms with Gasteiger partial charge in [-0.05, 0) is 57.3 Å². The Morgan fingerprint density at radius 2 is 1.19 bits per heavy atom. The van der Waals surface area contributed by atoms with Crippen molar-refractivity contribution in [1.82, 2.24) is 0 Å². The monoisotopic (exact) mass is 829 g/mol. The number of allylic oxidation sites excluding steroid dienone is 4. The number of carbonyl (C=O) groups excluding carboxylic acids is 2. The van der Waals surface area contributed by atoms with Crippen LogP contribution in [0.15, 0.2) is 36.5 Å². The van der Waals surface area contributed by atoms with Gasteiger partial charge in [0.2, 0.25) is 0 Å². The minimum atomic E-state index is -4.63. The molecule has 3 N–H and O–H groups in total. The summed E-state index contributed by atoms with van der Waals surface area (Å²) in [4.78, 5) is 35.1. The molecule has 1 saturated heterocycles. The molecule has 12 heteroatoms. The van der Waals surface area contributed by atoms with Gasteiger partial charge >= 0.3 is 19.8 Å². The summed E-state index contributed by atoms with van der Waals surface area (Å²) in [5.41, 5.74) is 0. The van der Waals surface area contributed by atoms with E-state index in [1.807, 2.05) is 6.08 Å². The van der Waals surface area contributed by atoms with E-state index in [0.29, 0.717) is 19.3 Å². The molecule has 1 rings (SSSR count). The van der Waals surface area contributed by atoms with E-state index in [1.54, 1.807) is 0 Å². The number of ether oxygens (including phenoxy) is 3. The van der Waals surface area contributed by atoms with E-state index in [-0.39, 0.29) is 31.7 Å². The SMILES string of the molecule is CCCCC/C=C\C/C=C\CC1OC1C/C=C\CCCC(=O)OC[C@H](COP(=O)(O)OC[C@@H](O)CO)OC(=O)CCCCCCCCCCCCCCCC(C)C. The van der Waals surface area contributed by atoms with Crippen LogP contribution in [0, 0.1) is 5.92 Å². The minimum absolute atomic E-state index is 0.158. The number of rotatable bonds is 40. The zero-order valence-electron chi connectivity index (χ0n) is 35.9. The van der Waals surface area contributed by atoms with Gasteiger partial charge in [-0.15, -0.1) is 0 Å². The first kappa shape index (κ1) is 53.2. The van der Waals surface area contributed by atoms with Crippen molar-refractivity contribution in [2.75, 3.05) is 26.4 Å². The first-order chi connectivity index (χ1) is 27.6. The van der Waals surface area contributed by atoms with Gasteiger partial charge in [0.25, 0.3) is 0 Å². The van der Waals surface area contributed by atoms with E-state index in [1.165, 1.54) is 83.5 Å². The Bertz CT molecular complexity index is 1120. The summed E-state index contributed by atoms with van der Waals surface area (Å²) in [6.07, 6.45) is 37.1. The molecule has 0 aromatic carbocycles. The maximum Gasteiger partial charge on any atom is 0.472 e. The highest BCUT2D eigenvalue weighted by molar-refractivity contribution is 7.47. The van der Waals surface area contributed by atoms with Gasteiger partial charge in [0.05, 0.1) is 32.0 Å². The molecule has 5 atom stereocenters. The van der Waals surface area contributed by atoms with Crippen LogP contribution >= 0.6 is 7.82 Å². The number of phosphoric ester groups is 1. The lowest BCUT2D eigenvalue weighted by atomic mass is 10.0. The normalized spacial score (nSPS) is 17.8. The first-order valence-electron chi connectivity index (χ1n) is 22.4. The van der Waals surface area contributed by atoms with Crippen molar-refractivity contribution < 1.29 is 52.5 Å². The van der Waals surface area contributed by atoms with E-state index in [9.17, 15) is 24.2 Å². The highest BCUT2D eigenvalue weighted by Crippen LogP contribution is 2.43. The lowest BCUT2D eigenvalue weighted by Gasteiger charge is -2.20. The fourth-order valence-electron chi connectivity index (χ4n) is 6.27. The highest BCUT2D eigenvalue weighted by Gasteiger charge is 2.36. The number of aliphatic hydroxyl groups is 2. The van der Waals surface area contributed by atoms with Crippen LogP contribution in [-0.2, 0) is 37.4 Å². The summed E-state index contributed by atoms with van der Waals surface area (Å²) < 4.78 is 38.5. The smallest absolute Gasteiger partial charge is 0.462 e. The van der Waals surface area contributed by atoms with Gasteiger partial charge in [0.1, 0.15) is 12.7 Å². The van der Waals surface area contributed by atoms with Gasteiger partial charge in [-0.25, -0.2) is 4.57 Å². The molecule has 0 amide bonds. The second kappa shape index (κ2) is 36.0. The molecule has 1 aliphatic rings. The third kappa shape index (κ3) is 34.7. The Balaban J connectivity index is 2.28. The standard InChI is InChI=1S/C45H81O11P/c1-4-5-6-7-8-14-18-21-26-31-42-43(56-42)32-27-23-24-28-33-44(48)52-37-41(38-54-57(50,51)53-36-40(47)35-46)55-45(49)34-29-22-19-16-13-11-9-10-12-15-17-20-25-30-39(2)3/h8,14,21,23,26-27,39-43,46-47H,4-7,9-13,15-20,22,24-25,28-38H2,1-3H3,(H,50,51)/b14-8-,26-21-,27-23-/t40-,41+,42?,43?/m0/s1. The molecule has 1 aliphatic heterocycles. The van der Waals surface area contributed by atoms with Crippen molar-refractivity contribution >= 4 is 19.8 Å². The average Bonchev–Trinajstić information content (AvgIpc) is 3.94. The molecule has 1 fully saturated rings. The van der Waals surface area contributed by atoms with Gasteiger partial charge < -0.3 is 29.3 Å². The summed E-state index contributed by atoms with van der Waals surface area (Å²) in [7, 11) is -4.63. The second-order valence-electron chi connectivity index (χ2n) is 15.9. The molecule has 0 aliphatic carbocycles. The number of hydrogen-bond donors (Lipinski definition) is 3. The summed E-state index contributed by atoms with van der Waals surface area (Å²) in [6.45, 7) is 4.61. The van der Waals surface area contributed by atoms with Gasteiger partial charge in [-0.3, -0.25) is 18.6 Å². The number of epoxide rings is 1. The van der Waals surface area contributed by atoms with Gasteiger partial charge in [0.15, 0.2) is 6.10 Å². The zero-order chi connectivity index (χ0) is 41.8. The molecule has 3 unspecified atom stereocenters. The Hall–Kier alpha value is -1.85. The summed E-state index contributed by atoms with van der Waals surface area (Å²) in [5, 5.41) is 18.4. The fourth-order valence-corrected chi connectivity index (χ4v) is 7.06. The molecular weight excluding hydrogens is 747 g/mol. The number of aliphatic hydroxyl groups excluding tert-OH is 2. The first-order valence-corrected chi connectivity index (χ1v) is 23.9. The van der Waals surface area contributed by atoms with Crippen molar-refractivity contribution in [3.8, 4) is 0 Å². The summed E-state index contributed by atoms with van der Waals surface area (Å²) in [5.74, 6) is -0.185. The van der Waals surface area contributed by atoms with Crippen LogP contribution in [0.4, 0.5) is 0 Å². The van der Waals surface area contributed by atoms with Crippen molar-refractivity contribution in [2.45, 2.75) is 206 Å². The number of unbranched alkanes of at least 4 members (excludes halogenated alkanes) is 16. The maximum absolute atomic E-state index is 12.6. The molecule has 57 heavy (non-hydrogen) atoms. The molecule has 11 nitrogen and oxygen atoms in total. The van der Waals surface area contributed by atoms with Gasteiger partial charge in [-0.1, -0.05) is 154 Å². The van der Waals surface area contributed by atoms with Crippen LogP contribution in [0.25, 0.3) is 0 Å². The van der Waals surface area contributed by atoms with E-state index in [0.717, 1.165) is 50.9 Å². The molecule has 332 valence electrons. The van der Waals surface area contributed by atoms with Crippen LogP contribution in [0.3, 0.4) is 0 Å². The van der Waals surface area contributed by atoms with Crippen LogP contribution in [0.5, 0.6) is 0 Å². The third-order valence-electron chi connectivity index (χ3n) is 9.88. The molecule has 0 radical (unpaired) electrons. The van der Waals surface area contributed by atoms with Crippen LogP contribution in [0.2, 0.25) is 0 Å². The molecule has 1 heterocycles. The molecule has 0 spiro atoms. The van der Waals surface area contributed by atoms with Crippen molar-refractivity contribution in [2.24, 2.45) is 5.92 Å². The molecule has 0 saturated carbocycles. The topological polar surface area (TPSA) is 161 Å². The Labute approximate surface area is 346 Å². The Morgan fingerprint density at radius 1 is 0.667 bits per heavy atom. The van der Waals surface area contributed by atoms with E-state index in [4.69, 9.17) is 28.4 Å². The van der Waals surface area contributed by atoms with E-state index < -0.39 is 51.8 Å². The Morgan fingerprint density at radius 3 is 1.81 bits per heavy atom. The van der Waals surface area contributed by atoms with Crippen molar-refractivity contribution in [3.63, 3.8) is 0 Å². The third-order valence-corrected chi connectivity index (χ3v) is 10.8. The second-order valence-corrected chi connectivity index (χ2v) is 17.4. The predicted molar refractivity (Wildman–Crippen MR) is 228 cm³/mol. The van der Waals surface area contributed by atoms with Gasteiger partial charge in [-0.2, -0.15) is 0 Å². The van der Waals surface area contributed by atoms with E-state index >= 15 is 0 Å². The van der Waals surface area contributed by atoms with Crippen LogP contribution in [0.1, 0.15) is 181 Å². The number of phosphoric acid groups is 1. The van der Waals surface area contributed by atoms with Crippen molar-refractivity contribution in [3.05, 3.63) is 36.5 Å². The molecule has 0 aromatic rings. The highest BCUT2D eigenvalue weighted by atomic mass is 31.2. The zero-order valence-corrected chi connectivity index (χ0v) is 36.8. The molecule has 0 aromatic heterocycles. The molecular formula is C45H81O11P. The van der Waals surface area contributed by atoms with Crippen LogP contribution < -0.4 is 0 Å². The van der Waals surface area contributed by atoms with Gasteiger partial charge in [0, 0.05) is 12.8 Å². The van der Waals surface area contributed by atoms with Crippen LogP contribution in [-0.4, -0.2) is 77.9 Å². The largest absolute Gasteiger partial charge is 0.472 e. The lowest BCUT2D eigenvalue weighted by molar-refractivity contribution is -0.161. The van der Waals surface area contributed by atoms with Crippen molar-refractivity contribution in [1.29, 1.82) is 0 Å². The minimum Gasteiger partial charge on any atom is -0.462 e. The number of hydrogen-bond acceptors (Lipinski definition) is 10. The number of carbonyl (C=O) groups is 2.